The number of aliphatic imine (C=N–C) groups is 1. The second kappa shape index (κ2) is 8.66. The molecule has 0 aromatic heterocycles. The van der Waals surface area contributed by atoms with Crippen LogP contribution in [0.1, 0.15) is 30.5 Å². The first-order valence-corrected chi connectivity index (χ1v) is 11.0. The number of nitrogens with one attached hydrogen (secondary N) is 1. The molecular weight excluding hydrogens is 415 g/mol. The Balaban J connectivity index is 1.82. The number of benzene rings is 3. The molecule has 1 heterocycles. The lowest BCUT2D eigenvalue weighted by molar-refractivity contribution is 0.618. The molecule has 0 amide bonds. The number of fused-ring (bicyclic) bond motifs is 2. The molecule has 5 heteroatoms. The monoisotopic (exact) mass is 436 g/mol. The Hall–Kier alpha value is -2.56. The maximum absolute atomic E-state index is 14.0. The molecule has 152 valence electrons. The lowest BCUT2D eigenvalue weighted by Gasteiger charge is -2.13. The van der Waals surface area contributed by atoms with E-state index in [0.717, 1.165) is 50.1 Å². The Bertz CT molecular complexity index is 1140. The molecule has 4 rings (SSSR count). The summed E-state index contributed by atoms with van der Waals surface area (Å²) in [6.45, 7) is 9.35. The predicted octanol–water partition coefficient (Wildman–Crippen LogP) is 7.33. The first-order valence-electron chi connectivity index (χ1n) is 9.80. The molecule has 1 aliphatic heterocycles. The summed E-state index contributed by atoms with van der Waals surface area (Å²) in [4.78, 5) is 6.83. The van der Waals surface area contributed by atoms with Crippen LogP contribution in [0.3, 0.4) is 0 Å². The second-order valence-electron chi connectivity index (χ2n) is 7.65. The van der Waals surface area contributed by atoms with Gasteiger partial charge in [-0.3, -0.25) is 0 Å². The molecule has 0 spiro atoms. The van der Waals surface area contributed by atoms with Crippen LogP contribution in [0.2, 0.25) is 5.02 Å². The van der Waals surface area contributed by atoms with Crippen LogP contribution in [-0.2, 0) is 0 Å². The summed E-state index contributed by atoms with van der Waals surface area (Å²) in [6, 6.07) is 18.5. The van der Waals surface area contributed by atoms with Gasteiger partial charge in [0.2, 0.25) is 0 Å². The molecular formula is C25H22ClFN2S. The molecule has 0 fully saturated rings. The van der Waals surface area contributed by atoms with E-state index in [0.29, 0.717) is 10.9 Å². The molecule has 0 atom stereocenters. The van der Waals surface area contributed by atoms with Crippen LogP contribution in [-0.4, -0.2) is 12.3 Å². The summed E-state index contributed by atoms with van der Waals surface area (Å²) in [5.74, 6) is 0.264. The third-order valence-corrected chi connectivity index (χ3v) is 6.17. The molecule has 1 aliphatic rings. The predicted molar refractivity (Wildman–Crippen MR) is 126 cm³/mol. The van der Waals surface area contributed by atoms with Gasteiger partial charge in [0.25, 0.3) is 0 Å². The highest BCUT2D eigenvalue weighted by atomic mass is 35.5. The lowest BCUT2D eigenvalue weighted by atomic mass is 10.0. The average Bonchev–Trinajstić information content (AvgIpc) is 2.88. The molecule has 3 aromatic carbocycles. The van der Waals surface area contributed by atoms with E-state index in [4.69, 9.17) is 16.6 Å². The van der Waals surface area contributed by atoms with Gasteiger partial charge >= 0.3 is 0 Å². The Labute approximate surface area is 185 Å². The van der Waals surface area contributed by atoms with Crippen molar-refractivity contribution in [3.05, 3.63) is 94.8 Å². The minimum Gasteiger partial charge on any atom is -0.385 e. The van der Waals surface area contributed by atoms with Crippen LogP contribution in [0.25, 0.3) is 5.70 Å². The molecule has 2 nitrogen and oxygen atoms in total. The number of nitrogens with zero attached hydrogens (tertiary/aromatic N) is 1. The minimum atomic E-state index is -0.261. The van der Waals surface area contributed by atoms with Crippen molar-refractivity contribution >= 4 is 40.5 Å². The van der Waals surface area contributed by atoms with Crippen molar-refractivity contribution in [3.63, 3.8) is 0 Å². The Morgan fingerprint density at radius 1 is 1.07 bits per heavy atom. The van der Waals surface area contributed by atoms with Gasteiger partial charge in [-0.1, -0.05) is 62.0 Å². The van der Waals surface area contributed by atoms with Crippen LogP contribution in [0, 0.1) is 11.7 Å². The number of hydrogen-bond donors (Lipinski definition) is 1. The van der Waals surface area contributed by atoms with Crippen LogP contribution in [0.4, 0.5) is 10.1 Å². The Morgan fingerprint density at radius 3 is 2.57 bits per heavy atom. The third-order valence-electron chi connectivity index (χ3n) is 4.80. The quantitative estimate of drug-likeness (QED) is 0.354. The highest BCUT2D eigenvalue weighted by molar-refractivity contribution is 7.99. The fraction of sp³-hybridized carbons (Fsp3) is 0.160. The number of hydrogen-bond acceptors (Lipinski definition) is 3. The molecule has 0 radical (unpaired) electrons. The van der Waals surface area contributed by atoms with Crippen molar-refractivity contribution in [1.29, 1.82) is 0 Å². The largest absolute Gasteiger partial charge is 0.385 e. The lowest BCUT2D eigenvalue weighted by Crippen LogP contribution is -2.17. The van der Waals surface area contributed by atoms with Gasteiger partial charge in [0.15, 0.2) is 0 Å². The van der Waals surface area contributed by atoms with E-state index < -0.39 is 0 Å². The number of rotatable bonds is 5. The molecule has 0 unspecified atom stereocenters. The molecule has 1 N–H and O–H groups in total. The van der Waals surface area contributed by atoms with Crippen LogP contribution in [0.5, 0.6) is 0 Å². The summed E-state index contributed by atoms with van der Waals surface area (Å²) in [6.07, 6.45) is 0. The summed E-state index contributed by atoms with van der Waals surface area (Å²) in [5.41, 5.74) is 5.33. The second-order valence-corrected chi connectivity index (χ2v) is 9.17. The summed E-state index contributed by atoms with van der Waals surface area (Å²) < 4.78 is 14.0. The van der Waals surface area contributed by atoms with E-state index in [1.165, 1.54) is 17.8 Å². The van der Waals surface area contributed by atoms with E-state index in [9.17, 15) is 4.39 Å². The van der Waals surface area contributed by atoms with E-state index in [1.807, 2.05) is 42.5 Å². The SMILES string of the molecule is C=C(NCC(C)C)c1ccc2c(c1)N=C(c1ccc(Cl)cc1)c1ccc(F)cc1S2. The molecule has 0 saturated carbocycles. The van der Waals surface area contributed by atoms with E-state index in [1.54, 1.807) is 12.1 Å². The first kappa shape index (κ1) is 20.7. The minimum absolute atomic E-state index is 0.261. The molecule has 0 aliphatic carbocycles. The van der Waals surface area contributed by atoms with E-state index in [2.05, 4.69) is 25.7 Å². The maximum atomic E-state index is 14.0. The van der Waals surface area contributed by atoms with Gasteiger partial charge < -0.3 is 5.32 Å². The maximum Gasteiger partial charge on any atom is 0.124 e. The Kier molecular flexibility index (Phi) is 5.98. The van der Waals surface area contributed by atoms with Crippen molar-refractivity contribution in [2.24, 2.45) is 10.9 Å². The molecule has 3 aromatic rings. The smallest absolute Gasteiger partial charge is 0.124 e. The fourth-order valence-corrected chi connectivity index (χ4v) is 4.37. The van der Waals surface area contributed by atoms with Crippen LogP contribution >= 0.6 is 23.4 Å². The molecule has 0 saturated heterocycles. The van der Waals surface area contributed by atoms with Crippen molar-refractivity contribution in [1.82, 2.24) is 5.32 Å². The van der Waals surface area contributed by atoms with Crippen molar-refractivity contribution in [2.75, 3.05) is 6.54 Å². The van der Waals surface area contributed by atoms with Crippen molar-refractivity contribution < 1.29 is 4.39 Å². The van der Waals surface area contributed by atoms with Gasteiger partial charge in [0.05, 0.1) is 11.4 Å². The average molecular weight is 437 g/mol. The van der Waals surface area contributed by atoms with Gasteiger partial charge in [-0.05, 0) is 53.9 Å². The van der Waals surface area contributed by atoms with Gasteiger partial charge in [0.1, 0.15) is 5.82 Å². The highest BCUT2D eigenvalue weighted by Crippen LogP contribution is 2.42. The zero-order valence-electron chi connectivity index (χ0n) is 16.9. The zero-order valence-corrected chi connectivity index (χ0v) is 18.4. The molecule has 30 heavy (non-hydrogen) atoms. The summed E-state index contributed by atoms with van der Waals surface area (Å²) >= 11 is 7.61. The van der Waals surface area contributed by atoms with Crippen LogP contribution < -0.4 is 5.32 Å². The molecule has 0 bridgehead atoms. The highest BCUT2D eigenvalue weighted by Gasteiger charge is 2.20. The van der Waals surface area contributed by atoms with E-state index in [-0.39, 0.29) is 5.82 Å². The van der Waals surface area contributed by atoms with Crippen molar-refractivity contribution in [2.45, 2.75) is 23.6 Å². The number of halogens is 2. The van der Waals surface area contributed by atoms with Gasteiger partial charge in [-0.25, -0.2) is 9.38 Å². The topological polar surface area (TPSA) is 24.4 Å². The van der Waals surface area contributed by atoms with Crippen LogP contribution in [0.15, 0.2) is 82.0 Å². The fourth-order valence-electron chi connectivity index (χ4n) is 3.21. The Morgan fingerprint density at radius 2 is 1.83 bits per heavy atom. The normalized spacial score (nSPS) is 12.6. The zero-order chi connectivity index (χ0) is 21.3. The summed E-state index contributed by atoms with van der Waals surface area (Å²) in [7, 11) is 0. The third kappa shape index (κ3) is 4.45. The van der Waals surface area contributed by atoms with Gasteiger partial charge in [-0.15, -0.1) is 0 Å². The van der Waals surface area contributed by atoms with Crippen molar-refractivity contribution in [3.8, 4) is 0 Å². The van der Waals surface area contributed by atoms with E-state index >= 15 is 0 Å². The van der Waals surface area contributed by atoms with Gasteiger partial charge in [-0.2, -0.15) is 0 Å². The standard InChI is InChI=1S/C25H22ClFN2S/c1-15(2)14-28-16(3)18-6-11-23-22(12-18)29-25(17-4-7-19(26)8-5-17)21-10-9-20(27)13-24(21)30-23/h4-13,15,28H,3,14H2,1-2H3. The summed E-state index contributed by atoms with van der Waals surface area (Å²) in [5, 5.41) is 4.04. The van der Waals surface area contributed by atoms with Gasteiger partial charge in [0, 0.05) is 38.2 Å². The first-order chi connectivity index (χ1) is 14.4.